The number of pyridine rings is 1. The van der Waals surface area contributed by atoms with Crippen LogP contribution in [0.3, 0.4) is 0 Å². The molecule has 8 heteroatoms. The lowest BCUT2D eigenvalue weighted by Crippen LogP contribution is -2.21. The highest BCUT2D eigenvalue weighted by molar-refractivity contribution is 5.93. The van der Waals surface area contributed by atoms with E-state index >= 15 is 0 Å². The van der Waals surface area contributed by atoms with Crippen molar-refractivity contribution in [3.63, 3.8) is 0 Å². The molecule has 0 aliphatic heterocycles. The number of non-ortho nitro benzene ring substituents is 1. The molecule has 28 heavy (non-hydrogen) atoms. The third kappa shape index (κ3) is 3.88. The third-order valence-corrected chi connectivity index (χ3v) is 4.20. The van der Waals surface area contributed by atoms with Crippen LogP contribution in [0.25, 0.3) is 10.9 Å². The molecule has 0 aliphatic rings. The molecule has 0 spiro atoms. The quantitative estimate of drug-likeness (QED) is 0.541. The molecule has 0 fully saturated rings. The summed E-state index contributed by atoms with van der Waals surface area (Å²) in [5.74, 6) is 0.426. The van der Waals surface area contributed by atoms with Crippen molar-refractivity contribution in [2.45, 2.75) is 6.54 Å². The maximum atomic E-state index is 11.9. The van der Waals surface area contributed by atoms with Gasteiger partial charge in [0, 0.05) is 43.7 Å². The summed E-state index contributed by atoms with van der Waals surface area (Å²) in [6.07, 6.45) is 0. The minimum Gasteiger partial charge on any atom is -0.366 e. The van der Waals surface area contributed by atoms with Crippen molar-refractivity contribution >= 4 is 28.3 Å². The molecule has 1 amide bonds. The van der Waals surface area contributed by atoms with Crippen LogP contribution in [0, 0.1) is 21.4 Å². The van der Waals surface area contributed by atoms with Crippen LogP contribution in [-0.4, -0.2) is 34.8 Å². The molecule has 8 nitrogen and oxygen atoms in total. The number of hydrogen-bond donors (Lipinski definition) is 1. The molecule has 3 rings (SSSR count). The first kappa shape index (κ1) is 18.8. The molecule has 0 bridgehead atoms. The first-order chi connectivity index (χ1) is 13.4. The zero-order valence-corrected chi connectivity index (χ0v) is 15.3. The van der Waals surface area contributed by atoms with Gasteiger partial charge in [-0.2, -0.15) is 5.26 Å². The van der Waals surface area contributed by atoms with Gasteiger partial charge in [-0.3, -0.25) is 14.9 Å². The van der Waals surface area contributed by atoms with Crippen molar-refractivity contribution in [2.24, 2.45) is 0 Å². The van der Waals surface area contributed by atoms with Gasteiger partial charge in [-0.1, -0.05) is 12.1 Å². The standard InChI is InChI=1S/C20H17N5O3/c1-24(2)20(26)14-5-3-13(4-6-14)12-22-19-9-15(11-21)17-10-16(25(27)28)7-8-18(17)23-19/h3-10H,12H2,1-2H3,(H,22,23). The molecule has 0 radical (unpaired) electrons. The van der Waals surface area contributed by atoms with Crippen LogP contribution in [0.15, 0.2) is 48.5 Å². The van der Waals surface area contributed by atoms with Gasteiger partial charge >= 0.3 is 0 Å². The fourth-order valence-corrected chi connectivity index (χ4v) is 2.73. The van der Waals surface area contributed by atoms with Gasteiger partial charge in [0.25, 0.3) is 11.6 Å². The molecule has 0 unspecified atom stereocenters. The lowest BCUT2D eigenvalue weighted by Gasteiger charge is -2.11. The molecule has 0 atom stereocenters. The number of nitrogens with zero attached hydrogens (tertiary/aromatic N) is 4. The van der Waals surface area contributed by atoms with Crippen molar-refractivity contribution in [3.05, 3.63) is 75.3 Å². The number of carbonyl (C=O) groups excluding carboxylic acids is 1. The predicted octanol–water partition coefficient (Wildman–Crippen LogP) is 3.33. The third-order valence-electron chi connectivity index (χ3n) is 4.20. The second-order valence-electron chi connectivity index (χ2n) is 6.38. The van der Waals surface area contributed by atoms with Crippen LogP contribution in [0.4, 0.5) is 11.5 Å². The van der Waals surface area contributed by atoms with Crippen LogP contribution in [0.1, 0.15) is 21.5 Å². The minimum atomic E-state index is -0.503. The topological polar surface area (TPSA) is 112 Å². The number of nitrogens with one attached hydrogen (secondary N) is 1. The lowest BCUT2D eigenvalue weighted by molar-refractivity contribution is -0.384. The molecule has 0 aliphatic carbocycles. The fraction of sp³-hybridized carbons (Fsp3) is 0.150. The number of nitriles is 1. The number of anilines is 1. The van der Waals surface area contributed by atoms with Gasteiger partial charge in [-0.05, 0) is 29.8 Å². The summed E-state index contributed by atoms with van der Waals surface area (Å²) < 4.78 is 0. The number of amides is 1. The molecule has 140 valence electrons. The first-order valence-corrected chi connectivity index (χ1v) is 8.43. The number of nitro groups is 1. The molecule has 1 heterocycles. The Labute approximate surface area is 161 Å². The SMILES string of the molecule is CN(C)C(=O)c1ccc(CNc2cc(C#N)c3cc([N+](=O)[O-])ccc3n2)cc1. The van der Waals surface area contributed by atoms with E-state index in [2.05, 4.69) is 16.4 Å². The second-order valence-corrected chi connectivity index (χ2v) is 6.38. The van der Waals surface area contributed by atoms with Gasteiger partial charge in [0.1, 0.15) is 5.82 Å². The Morgan fingerprint density at radius 2 is 1.93 bits per heavy atom. The Balaban J connectivity index is 1.81. The highest BCUT2D eigenvalue weighted by Crippen LogP contribution is 2.25. The Bertz CT molecular complexity index is 1100. The van der Waals surface area contributed by atoms with Crippen LogP contribution >= 0.6 is 0 Å². The van der Waals surface area contributed by atoms with Crippen molar-refractivity contribution in [1.82, 2.24) is 9.88 Å². The highest BCUT2D eigenvalue weighted by atomic mass is 16.6. The average molecular weight is 375 g/mol. The zero-order valence-electron chi connectivity index (χ0n) is 15.3. The summed E-state index contributed by atoms with van der Waals surface area (Å²) in [6.45, 7) is 0.451. The van der Waals surface area contributed by atoms with E-state index in [4.69, 9.17) is 0 Å². The largest absolute Gasteiger partial charge is 0.366 e. The van der Waals surface area contributed by atoms with Crippen LogP contribution in [0.5, 0.6) is 0 Å². The summed E-state index contributed by atoms with van der Waals surface area (Å²) in [4.78, 5) is 28.3. The molecule has 2 aromatic carbocycles. The molecule has 0 saturated carbocycles. The summed E-state index contributed by atoms with van der Waals surface area (Å²) >= 11 is 0. The zero-order chi connectivity index (χ0) is 20.3. The monoisotopic (exact) mass is 375 g/mol. The first-order valence-electron chi connectivity index (χ1n) is 8.43. The average Bonchev–Trinajstić information content (AvgIpc) is 2.70. The van der Waals surface area contributed by atoms with Gasteiger partial charge in [0.2, 0.25) is 0 Å². The van der Waals surface area contributed by atoms with Crippen molar-refractivity contribution in [3.8, 4) is 6.07 Å². The molecule has 1 aromatic heterocycles. The number of carbonyl (C=O) groups is 1. The van der Waals surface area contributed by atoms with E-state index in [-0.39, 0.29) is 11.6 Å². The summed E-state index contributed by atoms with van der Waals surface area (Å²) in [5, 5.41) is 23.9. The smallest absolute Gasteiger partial charge is 0.270 e. The molecular formula is C20H17N5O3. The number of nitro benzene ring substituents is 1. The number of aromatic nitrogens is 1. The van der Waals surface area contributed by atoms with Crippen molar-refractivity contribution in [1.29, 1.82) is 5.26 Å². The van der Waals surface area contributed by atoms with Gasteiger partial charge < -0.3 is 10.2 Å². The Morgan fingerprint density at radius 3 is 2.54 bits per heavy atom. The van der Waals surface area contributed by atoms with E-state index in [0.717, 1.165) is 5.56 Å². The Hall–Kier alpha value is -3.99. The molecular weight excluding hydrogens is 358 g/mol. The van der Waals surface area contributed by atoms with E-state index < -0.39 is 4.92 Å². The minimum absolute atomic E-state index is 0.0662. The molecule has 1 N–H and O–H groups in total. The van der Waals surface area contributed by atoms with E-state index in [1.165, 1.54) is 23.1 Å². The van der Waals surface area contributed by atoms with Gasteiger partial charge in [-0.25, -0.2) is 4.98 Å². The van der Waals surface area contributed by atoms with Gasteiger partial charge in [-0.15, -0.1) is 0 Å². The van der Waals surface area contributed by atoms with E-state index in [1.807, 2.05) is 12.1 Å². The summed E-state index contributed by atoms with van der Waals surface area (Å²) in [6, 6.07) is 15.1. The highest BCUT2D eigenvalue weighted by Gasteiger charge is 2.12. The van der Waals surface area contributed by atoms with Crippen LogP contribution < -0.4 is 5.32 Å². The number of rotatable bonds is 5. The maximum absolute atomic E-state index is 11.9. The fourth-order valence-electron chi connectivity index (χ4n) is 2.73. The van der Waals surface area contributed by atoms with Crippen LogP contribution in [0.2, 0.25) is 0 Å². The van der Waals surface area contributed by atoms with Gasteiger partial charge in [0.05, 0.1) is 22.1 Å². The number of fused-ring (bicyclic) bond motifs is 1. The van der Waals surface area contributed by atoms with E-state index in [0.29, 0.717) is 34.4 Å². The number of benzene rings is 2. The van der Waals surface area contributed by atoms with E-state index in [9.17, 15) is 20.2 Å². The van der Waals surface area contributed by atoms with Crippen molar-refractivity contribution < 1.29 is 9.72 Å². The van der Waals surface area contributed by atoms with Crippen LogP contribution in [-0.2, 0) is 6.54 Å². The number of hydrogen-bond acceptors (Lipinski definition) is 6. The summed E-state index contributed by atoms with van der Waals surface area (Å²) in [7, 11) is 3.40. The Morgan fingerprint density at radius 1 is 1.21 bits per heavy atom. The second kappa shape index (κ2) is 7.72. The predicted molar refractivity (Wildman–Crippen MR) is 105 cm³/mol. The maximum Gasteiger partial charge on any atom is 0.270 e. The lowest BCUT2D eigenvalue weighted by atomic mass is 10.1. The van der Waals surface area contributed by atoms with E-state index in [1.54, 1.807) is 32.3 Å². The molecule has 0 saturated heterocycles. The summed E-state index contributed by atoms with van der Waals surface area (Å²) in [5.41, 5.74) is 2.27. The normalized spacial score (nSPS) is 10.3. The Kier molecular flexibility index (Phi) is 5.18. The van der Waals surface area contributed by atoms with Crippen molar-refractivity contribution in [2.75, 3.05) is 19.4 Å². The molecule has 3 aromatic rings. The van der Waals surface area contributed by atoms with Gasteiger partial charge in [0.15, 0.2) is 0 Å².